The number of rotatable bonds is 5. The molecule has 0 saturated carbocycles. The molecule has 0 aromatic heterocycles. The van der Waals surface area contributed by atoms with Crippen LogP contribution >= 0.6 is 0 Å². The third kappa shape index (κ3) is 3.76. The van der Waals surface area contributed by atoms with Crippen molar-refractivity contribution in [2.75, 3.05) is 11.9 Å². The summed E-state index contributed by atoms with van der Waals surface area (Å²) in [6.45, 7) is 5.04. The maximum absolute atomic E-state index is 10.6. The number of hydrogen-bond donors (Lipinski definition) is 1. The summed E-state index contributed by atoms with van der Waals surface area (Å²) >= 11 is 0. The lowest BCUT2D eigenvalue weighted by Crippen LogP contribution is -2.05. The van der Waals surface area contributed by atoms with Gasteiger partial charge in [-0.2, -0.15) is 5.26 Å². The normalized spacial score (nSPS) is 10.0. The first kappa shape index (κ1) is 13.0. The number of nitrogens with zero attached hydrogens (tertiary/aromatic N) is 2. The zero-order valence-electron chi connectivity index (χ0n) is 9.93. The molecular weight excluding hydrogens is 218 g/mol. The Labute approximate surface area is 100 Å². The molecule has 0 fully saturated rings. The van der Waals surface area contributed by atoms with Gasteiger partial charge in [0.05, 0.1) is 4.92 Å². The van der Waals surface area contributed by atoms with Crippen LogP contribution in [0.3, 0.4) is 0 Å². The number of nitrogens with one attached hydrogen (secondary N) is 1. The topological polar surface area (TPSA) is 79.0 Å². The molecule has 0 amide bonds. The molecule has 0 saturated heterocycles. The average Bonchev–Trinajstić information content (AvgIpc) is 2.28. The zero-order chi connectivity index (χ0) is 12.8. The molecule has 90 valence electrons. The van der Waals surface area contributed by atoms with E-state index < -0.39 is 4.92 Å². The lowest BCUT2D eigenvalue weighted by molar-refractivity contribution is -0.385. The van der Waals surface area contributed by atoms with Crippen LogP contribution in [0.5, 0.6) is 0 Å². The van der Waals surface area contributed by atoms with Crippen molar-refractivity contribution in [2.24, 2.45) is 5.92 Å². The van der Waals surface area contributed by atoms with E-state index in [2.05, 4.69) is 19.2 Å². The van der Waals surface area contributed by atoms with E-state index in [9.17, 15) is 10.1 Å². The highest BCUT2D eigenvalue weighted by atomic mass is 16.6. The van der Waals surface area contributed by atoms with Gasteiger partial charge in [-0.15, -0.1) is 0 Å². The molecule has 1 rings (SSSR count). The number of nitro groups is 1. The number of benzene rings is 1. The van der Waals surface area contributed by atoms with E-state index in [0.29, 0.717) is 5.92 Å². The summed E-state index contributed by atoms with van der Waals surface area (Å²) in [7, 11) is 0. The molecule has 0 spiro atoms. The third-order valence-electron chi connectivity index (χ3n) is 2.36. The maximum Gasteiger partial charge on any atom is 0.287 e. The molecule has 17 heavy (non-hydrogen) atoms. The summed E-state index contributed by atoms with van der Waals surface area (Å²) in [5, 5.41) is 22.6. The Morgan fingerprint density at radius 3 is 2.76 bits per heavy atom. The molecule has 5 heteroatoms. The van der Waals surface area contributed by atoms with Crippen LogP contribution in [0.15, 0.2) is 18.2 Å². The van der Waals surface area contributed by atoms with E-state index in [4.69, 9.17) is 5.26 Å². The van der Waals surface area contributed by atoms with Crippen molar-refractivity contribution < 1.29 is 4.92 Å². The molecule has 0 aliphatic rings. The van der Waals surface area contributed by atoms with E-state index in [0.717, 1.165) is 18.7 Å². The van der Waals surface area contributed by atoms with Gasteiger partial charge < -0.3 is 5.32 Å². The largest absolute Gasteiger partial charge is 0.385 e. The van der Waals surface area contributed by atoms with E-state index in [-0.39, 0.29) is 11.3 Å². The van der Waals surface area contributed by atoms with Gasteiger partial charge in [0.2, 0.25) is 0 Å². The van der Waals surface area contributed by atoms with Crippen LogP contribution in [-0.4, -0.2) is 11.5 Å². The highest BCUT2D eigenvalue weighted by Crippen LogP contribution is 2.21. The molecule has 0 aliphatic heterocycles. The predicted octanol–water partition coefficient (Wildman–Crippen LogP) is 2.92. The fraction of sp³-hybridized carbons (Fsp3) is 0.417. The third-order valence-corrected chi connectivity index (χ3v) is 2.36. The van der Waals surface area contributed by atoms with Crippen molar-refractivity contribution in [2.45, 2.75) is 20.3 Å². The molecule has 0 heterocycles. The van der Waals surface area contributed by atoms with Crippen LogP contribution in [0, 0.1) is 27.4 Å². The minimum atomic E-state index is -0.545. The zero-order valence-corrected chi connectivity index (χ0v) is 9.93. The Morgan fingerprint density at radius 2 is 2.24 bits per heavy atom. The Balaban J connectivity index is 2.77. The second-order valence-electron chi connectivity index (χ2n) is 4.21. The molecule has 0 bridgehead atoms. The van der Waals surface area contributed by atoms with Crippen LogP contribution < -0.4 is 5.32 Å². The molecule has 0 radical (unpaired) electrons. The second-order valence-corrected chi connectivity index (χ2v) is 4.21. The molecule has 1 aromatic rings. The summed E-state index contributed by atoms with van der Waals surface area (Å²) in [4.78, 5) is 10.1. The first-order valence-electron chi connectivity index (χ1n) is 5.47. The minimum Gasteiger partial charge on any atom is -0.385 e. The van der Waals surface area contributed by atoms with Gasteiger partial charge in [0.15, 0.2) is 0 Å². The Hall–Kier alpha value is -2.09. The predicted molar refractivity (Wildman–Crippen MR) is 65.8 cm³/mol. The Kier molecular flexibility index (Phi) is 4.46. The number of nitriles is 1. The summed E-state index contributed by atoms with van der Waals surface area (Å²) in [6.07, 6.45) is 1.01. The standard InChI is InChI=1S/C12H15N3O2/c1-9(2)5-6-14-11-3-4-12(15(16)17)10(7-11)8-13/h3-4,7,9,14H,5-6H2,1-2H3. The maximum atomic E-state index is 10.6. The van der Waals surface area contributed by atoms with Crippen molar-refractivity contribution in [1.82, 2.24) is 0 Å². The van der Waals surface area contributed by atoms with Crippen LogP contribution in [0.4, 0.5) is 11.4 Å². The van der Waals surface area contributed by atoms with Gasteiger partial charge in [-0.1, -0.05) is 13.8 Å². The fourth-order valence-corrected chi connectivity index (χ4v) is 1.40. The van der Waals surface area contributed by atoms with Crippen molar-refractivity contribution in [3.8, 4) is 6.07 Å². The molecule has 0 aliphatic carbocycles. The van der Waals surface area contributed by atoms with Gasteiger partial charge in [0.1, 0.15) is 11.6 Å². The number of hydrogen-bond acceptors (Lipinski definition) is 4. The summed E-state index contributed by atoms with van der Waals surface area (Å²) in [6, 6.07) is 6.33. The second kappa shape index (κ2) is 5.85. The summed E-state index contributed by atoms with van der Waals surface area (Å²) < 4.78 is 0. The Bertz CT molecular complexity index is 450. The Morgan fingerprint density at radius 1 is 1.53 bits per heavy atom. The lowest BCUT2D eigenvalue weighted by atomic mass is 10.1. The fourth-order valence-electron chi connectivity index (χ4n) is 1.40. The van der Waals surface area contributed by atoms with Crippen LogP contribution in [0.1, 0.15) is 25.8 Å². The first-order valence-corrected chi connectivity index (χ1v) is 5.47. The van der Waals surface area contributed by atoms with Crippen LogP contribution in [-0.2, 0) is 0 Å². The number of nitro benzene ring substituents is 1. The quantitative estimate of drug-likeness (QED) is 0.626. The summed E-state index contributed by atoms with van der Waals surface area (Å²) in [5.41, 5.74) is 0.680. The van der Waals surface area contributed by atoms with Gasteiger partial charge in [-0.3, -0.25) is 10.1 Å². The molecular formula is C12H15N3O2. The first-order chi connectivity index (χ1) is 8.04. The molecule has 1 aromatic carbocycles. The van der Waals surface area contributed by atoms with Gasteiger partial charge in [0.25, 0.3) is 5.69 Å². The van der Waals surface area contributed by atoms with Crippen LogP contribution in [0.25, 0.3) is 0 Å². The highest BCUT2D eigenvalue weighted by Gasteiger charge is 2.13. The highest BCUT2D eigenvalue weighted by molar-refractivity contribution is 5.58. The number of anilines is 1. The van der Waals surface area contributed by atoms with Crippen LogP contribution in [0.2, 0.25) is 0 Å². The van der Waals surface area contributed by atoms with Crippen molar-refractivity contribution in [1.29, 1.82) is 5.26 Å². The molecule has 5 nitrogen and oxygen atoms in total. The molecule has 0 atom stereocenters. The van der Waals surface area contributed by atoms with Crippen molar-refractivity contribution >= 4 is 11.4 Å². The monoisotopic (exact) mass is 233 g/mol. The average molecular weight is 233 g/mol. The molecule has 0 unspecified atom stereocenters. The van der Waals surface area contributed by atoms with Gasteiger partial charge in [-0.25, -0.2) is 0 Å². The van der Waals surface area contributed by atoms with E-state index in [1.165, 1.54) is 12.1 Å². The van der Waals surface area contributed by atoms with Gasteiger partial charge in [0, 0.05) is 18.3 Å². The van der Waals surface area contributed by atoms with E-state index in [1.807, 2.05) is 6.07 Å². The molecule has 1 N–H and O–H groups in total. The van der Waals surface area contributed by atoms with E-state index >= 15 is 0 Å². The van der Waals surface area contributed by atoms with Crippen molar-refractivity contribution in [3.63, 3.8) is 0 Å². The lowest BCUT2D eigenvalue weighted by Gasteiger charge is -2.08. The van der Waals surface area contributed by atoms with Gasteiger partial charge >= 0.3 is 0 Å². The smallest absolute Gasteiger partial charge is 0.287 e. The SMILES string of the molecule is CC(C)CCNc1ccc([N+](=O)[O-])c(C#N)c1. The van der Waals surface area contributed by atoms with Gasteiger partial charge in [-0.05, 0) is 24.5 Å². The van der Waals surface area contributed by atoms with Crippen molar-refractivity contribution in [3.05, 3.63) is 33.9 Å². The minimum absolute atomic E-state index is 0.0875. The summed E-state index contributed by atoms with van der Waals surface area (Å²) in [5.74, 6) is 0.594. The van der Waals surface area contributed by atoms with E-state index in [1.54, 1.807) is 6.07 Å².